The van der Waals surface area contributed by atoms with Crippen molar-refractivity contribution in [3.8, 4) is 0 Å². The first-order valence-corrected chi connectivity index (χ1v) is 3.33. The van der Waals surface area contributed by atoms with Crippen molar-refractivity contribution in [3.63, 3.8) is 0 Å². The van der Waals surface area contributed by atoms with Crippen molar-refractivity contribution >= 4 is 0 Å². The molecule has 78 valence electrons. The van der Waals surface area contributed by atoms with Gasteiger partial charge in [0.1, 0.15) is 0 Å². The molecule has 0 heterocycles. The molecule has 0 amide bonds. The summed E-state index contributed by atoms with van der Waals surface area (Å²) in [7, 11) is 0. The Kier molecular flexibility index (Phi) is 31.6. The third-order valence-electron chi connectivity index (χ3n) is 1.11. The normalized spacial score (nSPS) is 5.71. The van der Waals surface area contributed by atoms with Gasteiger partial charge in [-0.05, 0) is 0 Å². The molecule has 0 unspecified atom stereocenters. The Hall–Kier alpha value is -0.00571. The molecule has 0 N–H and O–H groups in total. The van der Waals surface area contributed by atoms with Gasteiger partial charge in [-0.15, -0.1) is 0 Å². The van der Waals surface area contributed by atoms with E-state index in [1.54, 1.807) is 0 Å². The Labute approximate surface area is 114 Å². The SMILES string of the molecule is [CH3-].[Cl-].[Cl-].[Ti+2].c1cc[cH-]c1.c1cc[cH-]c1. The molecule has 0 aliphatic carbocycles. The summed E-state index contributed by atoms with van der Waals surface area (Å²) in [5.74, 6) is 0. The molecule has 0 nitrogen and oxygen atoms in total. The first kappa shape index (κ1) is 23.7. The summed E-state index contributed by atoms with van der Waals surface area (Å²) in [6.45, 7) is 0. The van der Waals surface area contributed by atoms with Gasteiger partial charge in [0.15, 0.2) is 0 Å². The molecular weight excluding hydrogens is 251 g/mol. The van der Waals surface area contributed by atoms with Crippen LogP contribution in [0.25, 0.3) is 0 Å². The summed E-state index contributed by atoms with van der Waals surface area (Å²) < 4.78 is 0. The fourth-order valence-corrected chi connectivity index (χ4v) is 0.642. The van der Waals surface area contributed by atoms with Crippen molar-refractivity contribution in [2.75, 3.05) is 0 Å². The summed E-state index contributed by atoms with van der Waals surface area (Å²) in [6.07, 6.45) is 0. The molecule has 0 aromatic heterocycles. The monoisotopic (exact) mass is 263 g/mol. The maximum Gasteiger partial charge on any atom is 2.00 e. The van der Waals surface area contributed by atoms with Gasteiger partial charge in [-0.25, -0.2) is 24.3 Å². The molecule has 2 rings (SSSR count). The fraction of sp³-hybridized carbons (Fsp3) is 0. The van der Waals surface area contributed by atoms with Gasteiger partial charge in [0.2, 0.25) is 0 Å². The van der Waals surface area contributed by atoms with Gasteiger partial charge in [-0.1, -0.05) is 0 Å². The third kappa shape index (κ3) is 14.5. The van der Waals surface area contributed by atoms with Crippen LogP contribution in [0.2, 0.25) is 0 Å². The summed E-state index contributed by atoms with van der Waals surface area (Å²) in [5, 5.41) is 0. The maximum atomic E-state index is 2.00. The van der Waals surface area contributed by atoms with Crippen LogP contribution in [-0.4, -0.2) is 0 Å². The van der Waals surface area contributed by atoms with Crippen molar-refractivity contribution in [1.29, 1.82) is 0 Å². The fourth-order valence-electron chi connectivity index (χ4n) is 0.642. The van der Waals surface area contributed by atoms with Crippen LogP contribution in [0.3, 0.4) is 0 Å². The largest absolute Gasteiger partial charge is 2.00 e. The van der Waals surface area contributed by atoms with Crippen molar-refractivity contribution in [2.24, 2.45) is 0 Å². The Balaban J connectivity index is -0.0000000556. The first-order valence-electron chi connectivity index (χ1n) is 3.33. The third-order valence-corrected chi connectivity index (χ3v) is 1.11. The van der Waals surface area contributed by atoms with Crippen molar-refractivity contribution in [1.82, 2.24) is 0 Å². The van der Waals surface area contributed by atoms with Gasteiger partial charge in [-0.2, -0.15) is 36.4 Å². The van der Waals surface area contributed by atoms with Gasteiger partial charge < -0.3 is 32.2 Å². The van der Waals surface area contributed by atoms with Crippen LogP contribution < -0.4 is 24.8 Å². The zero-order valence-corrected chi connectivity index (χ0v) is 11.1. The molecular formula is C11H13Cl2Ti-3. The second-order valence-corrected chi connectivity index (χ2v) is 1.92. The quantitative estimate of drug-likeness (QED) is 0.358. The smallest absolute Gasteiger partial charge is 1.00 e. The van der Waals surface area contributed by atoms with E-state index in [9.17, 15) is 0 Å². The standard InChI is InChI=1S/2C5H5.CH3.2ClH.Ti/c2*1-2-4-5-3-1;;;;/h2*1-5H;1H3;2*1H;/q3*-1;;;+2/p-2. The van der Waals surface area contributed by atoms with E-state index in [4.69, 9.17) is 0 Å². The molecule has 2 aromatic carbocycles. The van der Waals surface area contributed by atoms with E-state index in [1.165, 1.54) is 0 Å². The van der Waals surface area contributed by atoms with Gasteiger partial charge in [0, 0.05) is 0 Å². The van der Waals surface area contributed by atoms with E-state index in [1.807, 2.05) is 60.7 Å². The summed E-state index contributed by atoms with van der Waals surface area (Å²) in [4.78, 5) is 0. The van der Waals surface area contributed by atoms with E-state index in [2.05, 4.69) is 0 Å². The topological polar surface area (TPSA) is 0 Å². The molecule has 0 saturated carbocycles. The molecule has 0 saturated heterocycles. The zero-order chi connectivity index (χ0) is 7.07. The van der Waals surface area contributed by atoms with Crippen LogP contribution in [0.15, 0.2) is 60.7 Å². The zero-order valence-electron chi connectivity index (χ0n) is 8.03. The molecule has 2 aromatic rings. The molecule has 14 heavy (non-hydrogen) atoms. The van der Waals surface area contributed by atoms with Crippen LogP contribution in [-0.2, 0) is 21.7 Å². The minimum Gasteiger partial charge on any atom is -1.00 e. The molecule has 0 bridgehead atoms. The number of rotatable bonds is 0. The summed E-state index contributed by atoms with van der Waals surface area (Å²) >= 11 is 0. The maximum absolute atomic E-state index is 2.00. The predicted octanol–water partition coefficient (Wildman–Crippen LogP) is -2.73. The summed E-state index contributed by atoms with van der Waals surface area (Å²) in [6, 6.07) is 20.0. The van der Waals surface area contributed by atoms with Gasteiger partial charge >= 0.3 is 21.7 Å². The van der Waals surface area contributed by atoms with E-state index in [0.29, 0.717) is 0 Å². The minimum absolute atomic E-state index is 0. The predicted molar refractivity (Wildman–Crippen MR) is 50.5 cm³/mol. The number of hydrogen-bond acceptors (Lipinski definition) is 0. The molecule has 3 heteroatoms. The Bertz CT molecular complexity index is 153. The van der Waals surface area contributed by atoms with E-state index in [0.717, 1.165) is 0 Å². The molecule has 0 aliphatic heterocycles. The molecule has 0 spiro atoms. The first-order chi connectivity index (χ1) is 5.00. The van der Waals surface area contributed by atoms with E-state index < -0.39 is 0 Å². The van der Waals surface area contributed by atoms with Gasteiger partial charge in [0.05, 0.1) is 0 Å². The van der Waals surface area contributed by atoms with Gasteiger partial charge in [-0.3, -0.25) is 0 Å². The molecule has 0 radical (unpaired) electrons. The Morgan fingerprint density at radius 3 is 0.857 bits per heavy atom. The van der Waals surface area contributed by atoms with Crippen molar-refractivity contribution in [2.45, 2.75) is 0 Å². The van der Waals surface area contributed by atoms with Crippen molar-refractivity contribution in [3.05, 3.63) is 68.1 Å². The number of hydrogen-bond donors (Lipinski definition) is 0. The average Bonchev–Trinajstić information content (AvgIpc) is 2.67. The van der Waals surface area contributed by atoms with Crippen LogP contribution in [0.1, 0.15) is 0 Å². The molecule has 0 atom stereocenters. The molecule has 0 aliphatic rings. The van der Waals surface area contributed by atoms with Gasteiger partial charge in [0.25, 0.3) is 0 Å². The van der Waals surface area contributed by atoms with E-state index >= 15 is 0 Å². The second-order valence-electron chi connectivity index (χ2n) is 1.92. The van der Waals surface area contributed by atoms with Crippen LogP contribution >= 0.6 is 0 Å². The number of halogens is 2. The Morgan fingerprint density at radius 1 is 0.571 bits per heavy atom. The molecule has 0 fully saturated rings. The minimum atomic E-state index is 0. The van der Waals surface area contributed by atoms with Crippen molar-refractivity contribution < 1.29 is 46.5 Å². The van der Waals surface area contributed by atoms with Crippen LogP contribution in [0, 0.1) is 7.43 Å². The van der Waals surface area contributed by atoms with Crippen LogP contribution in [0.5, 0.6) is 0 Å². The van der Waals surface area contributed by atoms with Crippen LogP contribution in [0.4, 0.5) is 0 Å². The Morgan fingerprint density at radius 2 is 0.786 bits per heavy atom. The average molecular weight is 264 g/mol. The second kappa shape index (κ2) is 18.7. The summed E-state index contributed by atoms with van der Waals surface area (Å²) in [5.41, 5.74) is 0. The van der Waals surface area contributed by atoms with E-state index in [-0.39, 0.29) is 54.0 Å².